The van der Waals surface area contributed by atoms with E-state index in [1.165, 1.54) is 16.8 Å². The van der Waals surface area contributed by atoms with E-state index in [0.29, 0.717) is 13.1 Å². The van der Waals surface area contributed by atoms with Gasteiger partial charge in [0.1, 0.15) is 10.8 Å². The number of thiazole rings is 1. The Balaban J connectivity index is 1.41. The number of carbonyl (C=O) groups is 1. The summed E-state index contributed by atoms with van der Waals surface area (Å²) in [6, 6.07) is 14.6. The molecule has 3 aromatic rings. The van der Waals surface area contributed by atoms with Crippen molar-refractivity contribution >= 4 is 27.5 Å². The Morgan fingerprint density at radius 1 is 1.19 bits per heavy atom. The van der Waals surface area contributed by atoms with Crippen LogP contribution >= 0.6 is 11.3 Å². The number of hydrogen-bond donors (Lipinski definition) is 1. The molecule has 1 fully saturated rings. The zero-order chi connectivity index (χ0) is 18.6. The number of aromatic nitrogens is 1. The average molecular weight is 383 g/mol. The molecule has 2 heterocycles. The minimum Gasteiger partial charge on any atom is -0.351 e. The number of nitrogens with zero attached hydrogens (tertiary/aromatic N) is 2. The summed E-state index contributed by atoms with van der Waals surface area (Å²) in [5.74, 6) is -0.274. The van der Waals surface area contributed by atoms with Crippen LogP contribution in [-0.2, 0) is 11.3 Å². The van der Waals surface area contributed by atoms with Crippen LogP contribution in [0.4, 0.5) is 4.39 Å². The molecule has 6 heteroatoms. The summed E-state index contributed by atoms with van der Waals surface area (Å²) in [6.07, 6.45) is 3.30. The first-order valence-corrected chi connectivity index (χ1v) is 10.1. The van der Waals surface area contributed by atoms with E-state index in [0.717, 1.165) is 41.9 Å². The van der Waals surface area contributed by atoms with Crippen molar-refractivity contribution in [3.05, 3.63) is 64.9 Å². The molecular formula is C21H22FN3OS. The van der Waals surface area contributed by atoms with Gasteiger partial charge >= 0.3 is 0 Å². The fraction of sp³-hybridized carbons (Fsp3) is 0.333. The van der Waals surface area contributed by atoms with Crippen LogP contribution in [0.1, 0.15) is 35.9 Å². The molecule has 1 saturated heterocycles. The van der Waals surface area contributed by atoms with Crippen LogP contribution in [0.5, 0.6) is 0 Å². The van der Waals surface area contributed by atoms with Crippen molar-refractivity contribution in [2.24, 2.45) is 0 Å². The molecule has 0 saturated carbocycles. The molecule has 2 aromatic carbocycles. The highest BCUT2D eigenvalue weighted by Gasteiger charge is 2.28. The highest BCUT2D eigenvalue weighted by Crippen LogP contribution is 2.35. The number of carbonyl (C=O) groups excluding carboxylic acids is 1. The predicted octanol–water partition coefficient (Wildman–Crippen LogP) is 4.28. The van der Waals surface area contributed by atoms with E-state index >= 15 is 0 Å². The Labute approximate surface area is 162 Å². The monoisotopic (exact) mass is 383 g/mol. The van der Waals surface area contributed by atoms with E-state index < -0.39 is 0 Å². The molecule has 4 rings (SSSR count). The molecular weight excluding hydrogens is 361 g/mol. The standard InChI is InChI=1S/C21H22FN3OS/c22-16-10-8-15(9-11-16)13-23-20(26)14-25-12-4-3-6-18(25)21-24-17-5-1-2-7-19(17)27-21/h1-2,5,7-11,18H,3-4,6,12-14H2,(H,23,26)/t18-/m1/s1. The van der Waals surface area contributed by atoms with E-state index in [-0.39, 0.29) is 17.8 Å². The molecule has 0 spiro atoms. The molecule has 0 unspecified atom stereocenters. The number of hydrogen-bond acceptors (Lipinski definition) is 4. The van der Waals surface area contributed by atoms with Gasteiger partial charge in [-0.25, -0.2) is 9.37 Å². The number of likely N-dealkylation sites (tertiary alicyclic amines) is 1. The van der Waals surface area contributed by atoms with Gasteiger partial charge < -0.3 is 5.32 Å². The SMILES string of the molecule is O=C(CN1CCCC[C@@H]1c1nc2ccccc2s1)NCc1ccc(F)cc1. The van der Waals surface area contributed by atoms with Gasteiger partial charge in [0.2, 0.25) is 5.91 Å². The molecule has 1 aromatic heterocycles. The number of rotatable bonds is 5. The first kappa shape index (κ1) is 18.1. The van der Waals surface area contributed by atoms with Crippen LogP contribution in [0.3, 0.4) is 0 Å². The van der Waals surface area contributed by atoms with Crippen molar-refractivity contribution in [1.29, 1.82) is 0 Å². The zero-order valence-corrected chi connectivity index (χ0v) is 15.8. The Kier molecular flexibility index (Phi) is 5.45. The summed E-state index contributed by atoms with van der Waals surface area (Å²) in [7, 11) is 0. The fourth-order valence-electron chi connectivity index (χ4n) is 3.54. The van der Waals surface area contributed by atoms with Gasteiger partial charge in [0.25, 0.3) is 0 Å². The maximum absolute atomic E-state index is 13.0. The quantitative estimate of drug-likeness (QED) is 0.715. The van der Waals surface area contributed by atoms with Crippen molar-refractivity contribution in [3.63, 3.8) is 0 Å². The molecule has 1 aliphatic heterocycles. The second-order valence-corrected chi connectivity index (χ2v) is 7.97. The van der Waals surface area contributed by atoms with Crippen molar-refractivity contribution in [2.75, 3.05) is 13.1 Å². The van der Waals surface area contributed by atoms with Crippen LogP contribution in [0.25, 0.3) is 10.2 Å². The van der Waals surface area contributed by atoms with Gasteiger partial charge in [-0.3, -0.25) is 9.69 Å². The maximum atomic E-state index is 13.0. The number of amides is 1. The van der Waals surface area contributed by atoms with Gasteiger partial charge in [-0.2, -0.15) is 0 Å². The van der Waals surface area contributed by atoms with Crippen molar-refractivity contribution < 1.29 is 9.18 Å². The van der Waals surface area contributed by atoms with E-state index in [9.17, 15) is 9.18 Å². The number of benzene rings is 2. The second-order valence-electron chi connectivity index (χ2n) is 6.91. The Morgan fingerprint density at radius 2 is 2.00 bits per heavy atom. The van der Waals surface area contributed by atoms with Gasteiger partial charge in [0.15, 0.2) is 0 Å². The molecule has 0 aliphatic carbocycles. The van der Waals surface area contributed by atoms with Crippen molar-refractivity contribution in [3.8, 4) is 0 Å². The summed E-state index contributed by atoms with van der Waals surface area (Å²) in [6.45, 7) is 1.69. The van der Waals surface area contributed by atoms with Crippen molar-refractivity contribution in [2.45, 2.75) is 31.8 Å². The van der Waals surface area contributed by atoms with E-state index in [1.54, 1.807) is 23.5 Å². The third kappa shape index (κ3) is 4.34. The van der Waals surface area contributed by atoms with Crippen molar-refractivity contribution in [1.82, 2.24) is 15.2 Å². The summed E-state index contributed by atoms with van der Waals surface area (Å²) >= 11 is 1.73. The minimum atomic E-state index is -0.267. The maximum Gasteiger partial charge on any atom is 0.234 e. The third-order valence-corrected chi connectivity index (χ3v) is 6.10. The lowest BCUT2D eigenvalue weighted by molar-refractivity contribution is -0.123. The minimum absolute atomic E-state index is 0.00710. The Bertz CT molecular complexity index is 892. The molecule has 0 bridgehead atoms. The second kappa shape index (κ2) is 8.15. The Hall–Kier alpha value is -2.31. The highest BCUT2D eigenvalue weighted by atomic mass is 32.1. The van der Waals surface area contributed by atoms with Crippen LogP contribution in [0.15, 0.2) is 48.5 Å². The lowest BCUT2D eigenvalue weighted by atomic mass is 10.0. The smallest absolute Gasteiger partial charge is 0.234 e. The number of piperidine rings is 1. The summed E-state index contributed by atoms with van der Waals surface area (Å²) in [5, 5.41) is 4.04. The number of nitrogens with one attached hydrogen (secondary N) is 1. The molecule has 0 radical (unpaired) electrons. The summed E-state index contributed by atoms with van der Waals surface area (Å²) in [4.78, 5) is 19.5. The van der Waals surface area contributed by atoms with Crippen LogP contribution in [0, 0.1) is 5.82 Å². The van der Waals surface area contributed by atoms with E-state index in [1.807, 2.05) is 18.2 Å². The van der Waals surface area contributed by atoms with Gasteiger partial charge in [-0.05, 0) is 49.2 Å². The van der Waals surface area contributed by atoms with Gasteiger partial charge in [0, 0.05) is 6.54 Å². The largest absolute Gasteiger partial charge is 0.351 e. The topological polar surface area (TPSA) is 45.2 Å². The van der Waals surface area contributed by atoms with Crippen LogP contribution in [-0.4, -0.2) is 28.9 Å². The lowest BCUT2D eigenvalue weighted by Gasteiger charge is -2.33. The first-order valence-electron chi connectivity index (χ1n) is 9.30. The molecule has 1 N–H and O–H groups in total. The van der Waals surface area contributed by atoms with Gasteiger partial charge in [-0.15, -0.1) is 11.3 Å². The van der Waals surface area contributed by atoms with Gasteiger partial charge in [-0.1, -0.05) is 30.7 Å². The van der Waals surface area contributed by atoms with E-state index in [4.69, 9.17) is 4.98 Å². The fourth-order valence-corrected chi connectivity index (χ4v) is 4.67. The molecule has 1 amide bonds. The molecule has 4 nitrogen and oxygen atoms in total. The van der Waals surface area contributed by atoms with Crippen LogP contribution in [0.2, 0.25) is 0 Å². The van der Waals surface area contributed by atoms with Crippen LogP contribution < -0.4 is 5.32 Å². The highest BCUT2D eigenvalue weighted by molar-refractivity contribution is 7.18. The first-order chi connectivity index (χ1) is 13.2. The predicted molar refractivity (Wildman–Crippen MR) is 106 cm³/mol. The Morgan fingerprint density at radius 3 is 2.81 bits per heavy atom. The number of fused-ring (bicyclic) bond motifs is 1. The normalized spacial score (nSPS) is 17.9. The molecule has 1 atom stereocenters. The molecule has 140 valence electrons. The number of para-hydroxylation sites is 1. The third-order valence-electron chi connectivity index (χ3n) is 4.96. The zero-order valence-electron chi connectivity index (χ0n) is 15.0. The average Bonchev–Trinajstić information content (AvgIpc) is 3.12. The van der Waals surface area contributed by atoms with E-state index in [2.05, 4.69) is 16.3 Å². The van der Waals surface area contributed by atoms with Gasteiger partial charge in [0.05, 0.1) is 22.8 Å². The molecule has 1 aliphatic rings. The molecule has 27 heavy (non-hydrogen) atoms. The summed E-state index contributed by atoms with van der Waals surface area (Å²) < 4.78 is 14.2. The summed E-state index contributed by atoms with van der Waals surface area (Å²) in [5.41, 5.74) is 1.93. The lowest BCUT2D eigenvalue weighted by Crippen LogP contribution is -2.41. The number of halogens is 1.